The van der Waals surface area contributed by atoms with Gasteiger partial charge >= 0.3 is 0 Å². The maximum Gasteiger partial charge on any atom is 0.124 e. The molecule has 1 atom stereocenters. The lowest BCUT2D eigenvalue weighted by Crippen LogP contribution is -2.32. The van der Waals surface area contributed by atoms with E-state index in [1.807, 2.05) is 25.1 Å². The van der Waals surface area contributed by atoms with Gasteiger partial charge in [-0.3, -0.25) is 0 Å². The molecule has 0 heterocycles. The van der Waals surface area contributed by atoms with Crippen LogP contribution in [0.5, 0.6) is 5.75 Å². The molecule has 0 aromatic heterocycles. The van der Waals surface area contributed by atoms with Crippen molar-refractivity contribution in [1.29, 1.82) is 0 Å². The van der Waals surface area contributed by atoms with Gasteiger partial charge in [0.2, 0.25) is 0 Å². The third kappa shape index (κ3) is 3.70. The maximum absolute atomic E-state index is 5.87. The lowest BCUT2D eigenvalue weighted by atomic mass is 10.2. The van der Waals surface area contributed by atoms with Crippen LogP contribution in [-0.4, -0.2) is 19.7 Å². The Morgan fingerprint density at radius 1 is 1.53 bits per heavy atom. The zero-order chi connectivity index (χ0) is 11.3. The van der Waals surface area contributed by atoms with Crippen LogP contribution < -0.4 is 15.8 Å². The molecule has 84 valence electrons. The molecule has 0 aliphatic heterocycles. The van der Waals surface area contributed by atoms with Gasteiger partial charge in [0.1, 0.15) is 5.75 Å². The summed E-state index contributed by atoms with van der Waals surface area (Å²) in [6, 6.07) is 5.92. The molecule has 0 spiro atoms. The third-order valence-electron chi connectivity index (χ3n) is 2.24. The maximum atomic E-state index is 5.87. The van der Waals surface area contributed by atoms with Gasteiger partial charge < -0.3 is 15.8 Å². The van der Waals surface area contributed by atoms with Gasteiger partial charge in [0.05, 0.1) is 7.11 Å². The summed E-state index contributed by atoms with van der Waals surface area (Å²) in [7, 11) is 1.64. The first kappa shape index (κ1) is 12.3. The van der Waals surface area contributed by atoms with Crippen LogP contribution in [0, 0.1) is 0 Å². The Hall–Kier alpha value is -0.770. The van der Waals surface area contributed by atoms with Crippen LogP contribution in [0.15, 0.2) is 18.2 Å². The molecular weight excluding hydrogens is 212 g/mol. The van der Waals surface area contributed by atoms with Crippen LogP contribution in [0.4, 0.5) is 0 Å². The lowest BCUT2D eigenvalue weighted by Gasteiger charge is -2.13. The zero-order valence-electron chi connectivity index (χ0n) is 9.09. The number of hydrogen-bond donors (Lipinski definition) is 2. The highest BCUT2D eigenvalue weighted by atomic mass is 35.5. The Balaban J connectivity index is 2.67. The molecule has 3 N–H and O–H groups in total. The summed E-state index contributed by atoms with van der Waals surface area (Å²) >= 11 is 5.87. The van der Waals surface area contributed by atoms with Gasteiger partial charge in [-0.15, -0.1) is 0 Å². The summed E-state index contributed by atoms with van der Waals surface area (Å²) in [6.07, 6.45) is 0. The van der Waals surface area contributed by atoms with Crippen molar-refractivity contribution in [1.82, 2.24) is 5.32 Å². The number of nitrogens with one attached hydrogen (secondary N) is 1. The van der Waals surface area contributed by atoms with Crippen molar-refractivity contribution in [2.45, 2.75) is 19.5 Å². The fraction of sp³-hybridized carbons (Fsp3) is 0.455. The smallest absolute Gasteiger partial charge is 0.124 e. The molecule has 0 saturated heterocycles. The first-order valence-corrected chi connectivity index (χ1v) is 5.31. The van der Waals surface area contributed by atoms with Gasteiger partial charge in [0, 0.05) is 29.7 Å². The van der Waals surface area contributed by atoms with Gasteiger partial charge in [-0.2, -0.15) is 0 Å². The number of methoxy groups -OCH3 is 1. The summed E-state index contributed by atoms with van der Waals surface area (Å²) < 4.78 is 5.24. The second kappa shape index (κ2) is 5.95. The molecule has 1 aromatic rings. The number of hydrogen-bond acceptors (Lipinski definition) is 3. The van der Waals surface area contributed by atoms with Gasteiger partial charge in [-0.05, 0) is 19.1 Å². The monoisotopic (exact) mass is 228 g/mol. The molecular formula is C11H17ClN2O. The SMILES string of the molecule is COc1cc(Cl)ccc1CN[C@@H](C)CN. The van der Waals surface area contributed by atoms with Crippen LogP contribution >= 0.6 is 11.6 Å². The number of rotatable bonds is 5. The minimum absolute atomic E-state index is 0.297. The Morgan fingerprint density at radius 3 is 2.87 bits per heavy atom. The van der Waals surface area contributed by atoms with Crippen LogP contribution in [-0.2, 0) is 6.54 Å². The molecule has 0 unspecified atom stereocenters. The van der Waals surface area contributed by atoms with Gasteiger partial charge in [-0.25, -0.2) is 0 Å². The second-order valence-electron chi connectivity index (χ2n) is 3.47. The van der Waals surface area contributed by atoms with Crippen molar-refractivity contribution in [2.75, 3.05) is 13.7 Å². The van der Waals surface area contributed by atoms with E-state index in [0.717, 1.165) is 17.9 Å². The molecule has 0 fully saturated rings. The molecule has 0 saturated carbocycles. The van der Waals surface area contributed by atoms with E-state index in [1.54, 1.807) is 7.11 Å². The van der Waals surface area contributed by atoms with Crippen molar-refractivity contribution in [3.05, 3.63) is 28.8 Å². The molecule has 15 heavy (non-hydrogen) atoms. The van der Waals surface area contributed by atoms with E-state index in [2.05, 4.69) is 5.32 Å². The van der Waals surface area contributed by atoms with E-state index < -0.39 is 0 Å². The van der Waals surface area contributed by atoms with Crippen molar-refractivity contribution in [3.8, 4) is 5.75 Å². The highest BCUT2D eigenvalue weighted by Crippen LogP contribution is 2.22. The normalized spacial score (nSPS) is 12.5. The second-order valence-corrected chi connectivity index (χ2v) is 3.91. The van der Waals surface area contributed by atoms with Gasteiger partial charge in [0.15, 0.2) is 0 Å². The Labute approximate surface area is 95.6 Å². The van der Waals surface area contributed by atoms with Crippen molar-refractivity contribution >= 4 is 11.6 Å². The highest BCUT2D eigenvalue weighted by molar-refractivity contribution is 6.30. The molecule has 0 aliphatic rings. The molecule has 1 rings (SSSR count). The summed E-state index contributed by atoms with van der Waals surface area (Å²) in [4.78, 5) is 0. The summed E-state index contributed by atoms with van der Waals surface area (Å²) in [5, 5.41) is 3.98. The predicted octanol–water partition coefficient (Wildman–Crippen LogP) is 1.79. The van der Waals surface area contributed by atoms with E-state index in [9.17, 15) is 0 Å². The van der Waals surface area contributed by atoms with Crippen LogP contribution in [0.2, 0.25) is 5.02 Å². The van der Waals surface area contributed by atoms with Crippen LogP contribution in [0.1, 0.15) is 12.5 Å². The lowest BCUT2D eigenvalue weighted by molar-refractivity contribution is 0.406. The first-order valence-electron chi connectivity index (χ1n) is 4.93. The van der Waals surface area contributed by atoms with Crippen LogP contribution in [0.25, 0.3) is 0 Å². The summed E-state index contributed by atoms with van der Waals surface area (Å²) in [6.45, 7) is 3.40. The van der Waals surface area contributed by atoms with Crippen molar-refractivity contribution in [3.63, 3.8) is 0 Å². The molecule has 3 nitrogen and oxygen atoms in total. The highest BCUT2D eigenvalue weighted by Gasteiger charge is 2.05. The average molecular weight is 229 g/mol. The van der Waals surface area contributed by atoms with Crippen LogP contribution in [0.3, 0.4) is 0 Å². The predicted molar refractivity (Wildman–Crippen MR) is 63.4 cm³/mol. The Bertz CT molecular complexity index is 317. The van der Waals surface area contributed by atoms with E-state index in [-0.39, 0.29) is 0 Å². The van der Waals surface area contributed by atoms with E-state index in [1.165, 1.54) is 0 Å². The Kier molecular flexibility index (Phi) is 4.88. The minimum atomic E-state index is 0.297. The molecule has 0 bridgehead atoms. The topological polar surface area (TPSA) is 47.3 Å². The standard InChI is InChI=1S/C11H17ClN2O/c1-8(6-13)14-7-9-3-4-10(12)5-11(9)15-2/h3-5,8,14H,6-7,13H2,1-2H3/t8-/m0/s1. The number of ether oxygens (including phenoxy) is 1. The minimum Gasteiger partial charge on any atom is -0.496 e. The molecule has 0 radical (unpaired) electrons. The molecule has 0 aliphatic carbocycles. The Morgan fingerprint density at radius 2 is 2.27 bits per heavy atom. The molecule has 4 heteroatoms. The number of nitrogens with two attached hydrogens (primary N) is 1. The third-order valence-corrected chi connectivity index (χ3v) is 2.48. The quantitative estimate of drug-likeness (QED) is 0.808. The first-order chi connectivity index (χ1) is 7.17. The van der Waals surface area contributed by atoms with E-state index in [0.29, 0.717) is 17.6 Å². The van der Waals surface area contributed by atoms with Crippen molar-refractivity contribution in [2.24, 2.45) is 5.73 Å². The average Bonchev–Trinajstić information content (AvgIpc) is 2.26. The zero-order valence-corrected chi connectivity index (χ0v) is 9.84. The summed E-state index contributed by atoms with van der Waals surface area (Å²) in [5.74, 6) is 0.805. The van der Waals surface area contributed by atoms with Gasteiger partial charge in [0.25, 0.3) is 0 Å². The summed E-state index contributed by atoms with van der Waals surface area (Å²) in [5.41, 5.74) is 6.60. The van der Waals surface area contributed by atoms with E-state index >= 15 is 0 Å². The van der Waals surface area contributed by atoms with Crippen molar-refractivity contribution < 1.29 is 4.74 Å². The molecule has 0 amide bonds. The fourth-order valence-electron chi connectivity index (χ4n) is 1.23. The number of halogens is 1. The van der Waals surface area contributed by atoms with Gasteiger partial charge in [-0.1, -0.05) is 17.7 Å². The van der Waals surface area contributed by atoms with E-state index in [4.69, 9.17) is 22.1 Å². The number of benzene rings is 1. The fourth-order valence-corrected chi connectivity index (χ4v) is 1.39. The molecule has 1 aromatic carbocycles. The largest absolute Gasteiger partial charge is 0.496 e.